The van der Waals surface area contributed by atoms with Gasteiger partial charge in [-0.2, -0.15) is 0 Å². The highest BCUT2D eigenvalue weighted by atomic mass is 16.5. The van der Waals surface area contributed by atoms with Gasteiger partial charge in [0, 0.05) is 48.4 Å². The average Bonchev–Trinajstić information content (AvgIpc) is 3.44. The van der Waals surface area contributed by atoms with Crippen molar-refractivity contribution in [3.63, 3.8) is 0 Å². The molecule has 2 aromatic heterocycles. The first kappa shape index (κ1) is 21.9. The summed E-state index contributed by atoms with van der Waals surface area (Å²) < 4.78 is 9.91. The second-order valence-electron chi connectivity index (χ2n) is 9.60. The van der Waals surface area contributed by atoms with Gasteiger partial charge in [-0.25, -0.2) is 4.98 Å². The number of hydrogen-bond acceptors (Lipinski definition) is 4. The maximum atomic E-state index is 13.8. The standard InChI is InChI=1S/C27H32N4O2/c1-18(2)14-19(28)15-31-25-12-6-4-10-23(25)29-26(27(31)32)22-17-30(16-20-8-7-13-33-20)24-11-5-3-9-21(22)24/h3-6,9-12,17-20H,7-8,13-16,28H2,1-2H3. The van der Waals surface area contributed by atoms with Crippen LogP contribution in [0.25, 0.3) is 33.2 Å². The van der Waals surface area contributed by atoms with Gasteiger partial charge in [-0.3, -0.25) is 4.79 Å². The average molecular weight is 445 g/mol. The summed E-state index contributed by atoms with van der Waals surface area (Å²) >= 11 is 0. The molecule has 3 heterocycles. The van der Waals surface area contributed by atoms with Crippen molar-refractivity contribution in [2.75, 3.05) is 6.61 Å². The maximum absolute atomic E-state index is 13.8. The molecule has 0 bridgehead atoms. The molecule has 2 unspecified atom stereocenters. The molecule has 1 fully saturated rings. The Balaban J connectivity index is 1.66. The minimum absolute atomic E-state index is 0.0899. The van der Waals surface area contributed by atoms with Crippen molar-refractivity contribution >= 4 is 21.9 Å². The number of ether oxygens (including phenoxy) is 1. The van der Waals surface area contributed by atoms with E-state index < -0.39 is 0 Å². The first-order valence-corrected chi connectivity index (χ1v) is 12.0. The molecule has 2 N–H and O–H groups in total. The van der Waals surface area contributed by atoms with E-state index in [2.05, 4.69) is 36.7 Å². The lowest BCUT2D eigenvalue weighted by Crippen LogP contribution is -2.34. The molecular formula is C27H32N4O2. The van der Waals surface area contributed by atoms with Crippen LogP contribution in [0, 0.1) is 5.92 Å². The summed E-state index contributed by atoms with van der Waals surface area (Å²) in [5.41, 5.74) is 10.4. The molecule has 0 spiro atoms. The summed E-state index contributed by atoms with van der Waals surface area (Å²) in [6, 6.07) is 16.0. The van der Waals surface area contributed by atoms with Crippen LogP contribution in [0.3, 0.4) is 0 Å². The quantitative estimate of drug-likeness (QED) is 0.453. The van der Waals surface area contributed by atoms with Crippen LogP contribution < -0.4 is 11.3 Å². The number of hydrogen-bond donors (Lipinski definition) is 1. The smallest absolute Gasteiger partial charge is 0.277 e. The van der Waals surface area contributed by atoms with Crippen molar-refractivity contribution in [1.82, 2.24) is 14.1 Å². The van der Waals surface area contributed by atoms with E-state index in [0.29, 0.717) is 18.2 Å². The highest BCUT2D eigenvalue weighted by molar-refractivity contribution is 5.96. The van der Waals surface area contributed by atoms with Crippen molar-refractivity contribution < 1.29 is 4.74 Å². The van der Waals surface area contributed by atoms with Gasteiger partial charge in [0.05, 0.1) is 17.1 Å². The van der Waals surface area contributed by atoms with E-state index in [9.17, 15) is 4.79 Å². The third-order valence-electron chi connectivity index (χ3n) is 6.51. The summed E-state index contributed by atoms with van der Waals surface area (Å²) in [4.78, 5) is 18.7. The molecule has 1 aliphatic heterocycles. The van der Waals surface area contributed by atoms with E-state index in [4.69, 9.17) is 15.5 Å². The molecule has 33 heavy (non-hydrogen) atoms. The van der Waals surface area contributed by atoms with Crippen LogP contribution in [-0.4, -0.2) is 32.9 Å². The summed E-state index contributed by atoms with van der Waals surface area (Å²) in [6.07, 6.45) is 5.31. The molecular weight excluding hydrogens is 412 g/mol. The number of aromatic nitrogens is 3. The minimum atomic E-state index is -0.0952. The molecule has 2 aromatic carbocycles. The maximum Gasteiger partial charge on any atom is 0.277 e. The van der Waals surface area contributed by atoms with Gasteiger partial charge in [0.25, 0.3) is 5.56 Å². The van der Waals surface area contributed by atoms with Crippen molar-refractivity contribution in [2.24, 2.45) is 11.7 Å². The van der Waals surface area contributed by atoms with Gasteiger partial charge in [-0.15, -0.1) is 0 Å². The first-order valence-electron chi connectivity index (χ1n) is 12.0. The molecule has 1 aliphatic rings. The molecule has 5 rings (SSSR count). The first-order chi connectivity index (χ1) is 16.0. The Hall–Kier alpha value is -2.96. The second kappa shape index (κ2) is 9.12. The normalized spacial score (nSPS) is 17.4. The van der Waals surface area contributed by atoms with Crippen LogP contribution in [0.15, 0.2) is 59.5 Å². The third-order valence-corrected chi connectivity index (χ3v) is 6.51. The SMILES string of the molecule is CC(C)CC(N)Cn1c(=O)c(-c2cn(CC3CCCO3)c3ccccc23)nc2ccccc21. The van der Waals surface area contributed by atoms with Gasteiger partial charge >= 0.3 is 0 Å². The topological polar surface area (TPSA) is 75.1 Å². The molecule has 4 aromatic rings. The number of para-hydroxylation sites is 3. The lowest BCUT2D eigenvalue weighted by atomic mass is 10.0. The molecule has 0 amide bonds. The zero-order valence-corrected chi connectivity index (χ0v) is 19.4. The van der Waals surface area contributed by atoms with Crippen molar-refractivity contribution in [3.8, 4) is 11.3 Å². The molecule has 6 nitrogen and oxygen atoms in total. The highest BCUT2D eigenvalue weighted by Gasteiger charge is 2.22. The van der Waals surface area contributed by atoms with Gasteiger partial charge < -0.3 is 19.6 Å². The van der Waals surface area contributed by atoms with Crippen LogP contribution in [0.4, 0.5) is 0 Å². The Morgan fingerprint density at radius 3 is 2.64 bits per heavy atom. The van der Waals surface area contributed by atoms with Gasteiger partial charge in [0.1, 0.15) is 5.69 Å². The Kier molecular flexibility index (Phi) is 6.04. The Labute approximate surface area is 194 Å². The lowest BCUT2D eigenvalue weighted by molar-refractivity contribution is 0.0980. The van der Waals surface area contributed by atoms with E-state index in [-0.39, 0.29) is 17.7 Å². The van der Waals surface area contributed by atoms with E-state index in [1.165, 1.54) is 0 Å². The fourth-order valence-corrected chi connectivity index (χ4v) is 5.06. The fourth-order valence-electron chi connectivity index (χ4n) is 5.06. The number of nitrogens with two attached hydrogens (primary N) is 1. The molecule has 6 heteroatoms. The van der Waals surface area contributed by atoms with E-state index >= 15 is 0 Å². The van der Waals surface area contributed by atoms with Crippen LogP contribution in [0.1, 0.15) is 33.1 Å². The zero-order valence-electron chi connectivity index (χ0n) is 19.4. The van der Waals surface area contributed by atoms with Gasteiger partial charge in [-0.05, 0) is 43.4 Å². The van der Waals surface area contributed by atoms with Crippen molar-refractivity contribution in [1.29, 1.82) is 0 Å². The summed E-state index contributed by atoms with van der Waals surface area (Å²) in [5.74, 6) is 0.471. The number of fused-ring (bicyclic) bond motifs is 2. The lowest BCUT2D eigenvalue weighted by Gasteiger charge is -2.18. The van der Waals surface area contributed by atoms with Crippen LogP contribution >= 0.6 is 0 Å². The minimum Gasteiger partial charge on any atom is -0.376 e. The largest absolute Gasteiger partial charge is 0.376 e. The Bertz CT molecular complexity index is 1330. The molecule has 2 atom stereocenters. The van der Waals surface area contributed by atoms with Crippen molar-refractivity contribution in [2.45, 2.75) is 58.3 Å². The van der Waals surface area contributed by atoms with Crippen LogP contribution in [-0.2, 0) is 17.8 Å². The van der Waals surface area contributed by atoms with Crippen LogP contribution in [0.5, 0.6) is 0 Å². The van der Waals surface area contributed by atoms with E-state index in [1.54, 1.807) is 0 Å². The molecule has 0 radical (unpaired) electrons. The Morgan fingerprint density at radius 2 is 1.88 bits per heavy atom. The summed E-state index contributed by atoms with van der Waals surface area (Å²) in [5, 5.41) is 1.04. The third kappa shape index (κ3) is 4.33. The molecule has 1 saturated heterocycles. The number of benzene rings is 2. The highest BCUT2D eigenvalue weighted by Crippen LogP contribution is 2.30. The van der Waals surface area contributed by atoms with Gasteiger partial charge in [0.2, 0.25) is 0 Å². The second-order valence-corrected chi connectivity index (χ2v) is 9.60. The summed E-state index contributed by atoms with van der Waals surface area (Å²) in [7, 11) is 0. The van der Waals surface area contributed by atoms with Crippen LogP contribution in [0.2, 0.25) is 0 Å². The molecule has 172 valence electrons. The van der Waals surface area contributed by atoms with E-state index in [0.717, 1.165) is 59.9 Å². The zero-order chi connectivity index (χ0) is 22.9. The molecule has 0 aliphatic carbocycles. The predicted molar refractivity (Wildman–Crippen MR) is 133 cm³/mol. The monoisotopic (exact) mass is 444 g/mol. The Morgan fingerprint density at radius 1 is 1.12 bits per heavy atom. The summed E-state index contributed by atoms with van der Waals surface area (Å²) in [6.45, 7) is 6.39. The number of nitrogens with zero attached hydrogens (tertiary/aromatic N) is 3. The van der Waals surface area contributed by atoms with Crippen molar-refractivity contribution in [3.05, 3.63) is 65.1 Å². The number of rotatable bonds is 7. The predicted octanol–water partition coefficient (Wildman–Crippen LogP) is 4.57. The van der Waals surface area contributed by atoms with E-state index in [1.807, 2.05) is 41.0 Å². The molecule has 0 saturated carbocycles. The van der Waals surface area contributed by atoms with Gasteiger partial charge in [-0.1, -0.05) is 44.2 Å². The van der Waals surface area contributed by atoms with Gasteiger partial charge in [0.15, 0.2) is 0 Å². The fraction of sp³-hybridized carbons (Fsp3) is 0.407.